The molecule has 0 spiro atoms. The molecule has 1 rings (SSSR count). The molecule has 1 aromatic heterocycles. The quantitative estimate of drug-likeness (QED) is 0.776. The Kier molecular flexibility index (Phi) is 6.35. The van der Waals surface area contributed by atoms with Gasteiger partial charge in [-0.15, -0.1) is 0 Å². The summed E-state index contributed by atoms with van der Waals surface area (Å²) in [6.07, 6.45) is 1.65. The maximum absolute atomic E-state index is 12.1. The molecule has 1 aromatic rings. The smallest absolute Gasteiger partial charge is 0.269 e. The van der Waals surface area contributed by atoms with Crippen LogP contribution in [0.3, 0.4) is 0 Å². The molecular weight excluding hydrogens is 298 g/mol. The largest absolute Gasteiger partial charge is 0.383 e. The van der Waals surface area contributed by atoms with Crippen molar-refractivity contribution in [1.29, 1.82) is 0 Å². The first kappa shape index (κ1) is 15.2. The van der Waals surface area contributed by atoms with Gasteiger partial charge >= 0.3 is 0 Å². The lowest BCUT2D eigenvalue weighted by atomic mass is 10.2. The summed E-state index contributed by atoms with van der Waals surface area (Å²) in [5.41, 5.74) is 1.51. The van der Waals surface area contributed by atoms with E-state index in [-0.39, 0.29) is 11.9 Å². The Hall–Kier alpha value is -0.880. The number of nitrogens with zero attached hydrogens (tertiary/aromatic N) is 2. The Morgan fingerprint density at radius 2 is 2.39 bits per heavy atom. The van der Waals surface area contributed by atoms with E-state index in [9.17, 15) is 4.79 Å². The van der Waals surface area contributed by atoms with Crippen molar-refractivity contribution in [3.8, 4) is 0 Å². The summed E-state index contributed by atoms with van der Waals surface area (Å²) >= 11 is 3.37. The molecule has 18 heavy (non-hydrogen) atoms. The first-order chi connectivity index (χ1) is 8.62. The third kappa shape index (κ3) is 4.10. The number of aromatic nitrogens is 2. The number of methoxy groups -OCH3 is 1. The summed E-state index contributed by atoms with van der Waals surface area (Å²) in [7, 11) is 3.41. The number of nitrogens with one attached hydrogen (secondary N) is 1. The van der Waals surface area contributed by atoms with Crippen LogP contribution in [-0.2, 0) is 18.2 Å². The van der Waals surface area contributed by atoms with E-state index in [1.54, 1.807) is 18.8 Å². The van der Waals surface area contributed by atoms with Gasteiger partial charge in [-0.2, -0.15) is 5.10 Å². The highest BCUT2D eigenvalue weighted by atomic mass is 79.9. The van der Waals surface area contributed by atoms with Crippen molar-refractivity contribution >= 4 is 21.8 Å². The van der Waals surface area contributed by atoms with E-state index in [0.717, 1.165) is 23.9 Å². The molecule has 1 amide bonds. The van der Waals surface area contributed by atoms with Crippen molar-refractivity contribution in [2.75, 3.05) is 19.0 Å². The molecule has 1 N–H and O–H groups in total. The molecule has 5 nitrogen and oxygen atoms in total. The van der Waals surface area contributed by atoms with Crippen molar-refractivity contribution in [3.63, 3.8) is 0 Å². The van der Waals surface area contributed by atoms with Gasteiger partial charge in [-0.25, -0.2) is 0 Å². The monoisotopic (exact) mass is 317 g/mol. The van der Waals surface area contributed by atoms with Crippen molar-refractivity contribution in [1.82, 2.24) is 15.1 Å². The van der Waals surface area contributed by atoms with Crippen LogP contribution < -0.4 is 5.32 Å². The van der Waals surface area contributed by atoms with E-state index < -0.39 is 0 Å². The zero-order valence-corrected chi connectivity index (χ0v) is 12.7. The molecule has 1 heterocycles. The third-order valence-electron chi connectivity index (χ3n) is 2.69. The molecule has 1 atom stereocenters. The highest BCUT2D eigenvalue weighted by molar-refractivity contribution is 9.09. The summed E-state index contributed by atoms with van der Waals surface area (Å²) in [5.74, 6) is -0.104. The van der Waals surface area contributed by atoms with Crippen LogP contribution in [0.4, 0.5) is 0 Å². The van der Waals surface area contributed by atoms with Gasteiger partial charge in [0.05, 0.1) is 18.3 Å². The van der Waals surface area contributed by atoms with Gasteiger partial charge in [0.25, 0.3) is 5.91 Å². The fourth-order valence-electron chi connectivity index (χ4n) is 1.70. The predicted molar refractivity (Wildman–Crippen MR) is 74.1 cm³/mol. The van der Waals surface area contributed by atoms with Crippen molar-refractivity contribution in [2.24, 2.45) is 7.05 Å². The van der Waals surface area contributed by atoms with Gasteiger partial charge in [-0.3, -0.25) is 9.48 Å². The average molecular weight is 318 g/mol. The van der Waals surface area contributed by atoms with Crippen LogP contribution in [0.25, 0.3) is 0 Å². The number of hydrogen-bond acceptors (Lipinski definition) is 3. The van der Waals surface area contributed by atoms with Gasteiger partial charge in [0.1, 0.15) is 5.69 Å². The van der Waals surface area contributed by atoms with Gasteiger partial charge in [0, 0.05) is 19.5 Å². The van der Waals surface area contributed by atoms with E-state index in [1.807, 2.05) is 13.0 Å². The van der Waals surface area contributed by atoms with E-state index in [2.05, 4.69) is 26.3 Å². The molecule has 0 radical (unpaired) electrons. The number of ether oxygens (including phenoxy) is 1. The molecule has 102 valence electrons. The second kappa shape index (κ2) is 7.53. The highest BCUT2D eigenvalue weighted by Crippen LogP contribution is 2.05. The molecule has 0 bridgehead atoms. The Labute approximate surface area is 116 Å². The second-order valence-corrected chi connectivity index (χ2v) is 4.89. The fraction of sp³-hybridized carbons (Fsp3) is 0.667. The van der Waals surface area contributed by atoms with Crippen LogP contribution in [0.15, 0.2) is 6.07 Å². The van der Waals surface area contributed by atoms with E-state index in [1.165, 1.54) is 0 Å². The minimum Gasteiger partial charge on any atom is -0.383 e. The maximum Gasteiger partial charge on any atom is 0.269 e. The number of carbonyl (C=O) groups is 1. The molecule has 0 aliphatic rings. The average Bonchev–Trinajstić information content (AvgIpc) is 2.71. The molecule has 0 aliphatic carbocycles. The SMILES string of the molecule is CCc1cc(C(=O)NC(CCBr)COC)n(C)n1. The van der Waals surface area contributed by atoms with Gasteiger partial charge in [-0.05, 0) is 18.9 Å². The molecule has 0 saturated heterocycles. The first-order valence-corrected chi connectivity index (χ1v) is 7.13. The Bertz CT molecular complexity index is 387. The van der Waals surface area contributed by atoms with Gasteiger partial charge in [0.15, 0.2) is 0 Å². The first-order valence-electron chi connectivity index (χ1n) is 6.01. The molecular formula is C12H20BrN3O2. The van der Waals surface area contributed by atoms with Crippen molar-refractivity contribution in [3.05, 3.63) is 17.5 Å². The fourth-order valence-corrected chi connectivity index (χ4v) is 2.25. The van der Waals surface area contributed by atoms with Crippen molar-refractivity contribution in [2.45, 2.75) is 25.8 Å². The summed E-state index contributed by atoms with van der Waals surface area (Å²) < 4.78 is 6.71. The Morgan fingerprint density at radius 1 is 1.67 bits per heavy atom. The minimum absolute atomic E-state index is 0.0156. The lowest BCUT2D eigenvalue weighted by Crippen LogP contribution is -2.39. The number of halogens is 1. The minimum atomic E-state index is -0.104. The van der Waals surface area contributed by atoms with Crippen LogP contribution in [0.2, 0.25) is 0 Å². The Morgan fingerprint density at radius 3 is 2.89 bits per heavy atom. The highest BCUT2D eigenvalue weighted by Gasteiger charge is 2.16. The molecule has 0 aromatic carbocycles. The number of hydrogen-bond donors (Lipinski definition) is 1. The standard InChI is InChI=1S/C12H20BrN3O2/c1-4-9-7-11(16(2)15-9)12(17)14-10(5-6-13)8-18-3/h7,10H,4-6,8H2,1-3H3,(H,14,17). The summed E-state index contributed by atoms with van der Waals surface area (Å²) in [4.78, 5) is 12.1. The predicted octanol–water partition coefficient (Wildman–Crippen LogP) is 1.51. The van der Waals surface area contributed by atoms with E-state index in [0.29, 0.717) is 12.3 Å². The van der Waals surface area contributed by atoms with Crippen LogP contribution in [-0.4, -0.2) is 40.8 Å². The lowest BCUT2D eigenvalue weighted by molar-refractivity contribution is 0.0886. The molecule has 1 unspecified atom stereocenters. The van der Waals surface area contributed by atoms with E-state index >= 15 is 0 Å². The maximum atomic E-state index is 12.1. The van der Waals surface area contributed by atoms with E-state index in [4.69, 9.17) is 4.74 Å². The zero-order chi connectivity index (χ0) is 13.5. The van der Waals surface area contributed by atoms with Gasteiger partial charge < -0.3 is 10.1 Å². The number of rotatable bonds is 7. The van der Waals surface area contributed by atoms with Gasteiger partial charge in [-0.1, -0.05) is 22.9 Å². The topological polar surface area (TPSA) is 56.1 Å². The van der Waals surface area contributed by atoms with Crippen LogP contribution in [0, 0.1) is 0 Å². The van der Waals surface area contributed by atoms with Crippen LogP contribution in [0.5, 0.6) is 0 Å². The normalized spacial score (nSPS) is 12.4. The van der Waals surface area contributed by atoms with Crippen molar-refractivity contribution < 1.29 is 9.53 Å². The number of carbonyl (C=O) groups excluding carboxylic acids is 1. The Balaban J connectivity index is 2.70. The molecule has 0 aliphatic heterocycles. The summed E-state index contributed by atoms with van der Waals surface area (Å²) in [6.45, 7) is 2.53. The number of amides is 1. The molecule has 6 heteroatoms. The number of aryl methyl sites for hydroxylation is 2. The lowest BCUT2D eigenvalue weighted by Gasteiger charge is -2.16. The third-order valence-corrected chi connectivity index (χ3v) is 3.14. The summed E-state index contributed by atoms with van der Waals surface area (Å²) in [5, 5.41) is 8.05. The van der Waals surface area contributed by atoms with Crippen LogP contribution >= 0.6 is 15.9 Å². The van der Waals surface area contributed by atoms with Gasteiger partial charge in [0.2, 0.25) is 0 Å². The second-order valence-electron chi connectivity index (χ2n) is 4.10. The zero-order valence-electron chi connectivity index (χ0n) is 11.1. The number of alkyl halides is 1. The molecule has 0 saturated carbocycles. The summed E-state index contributed by atoms with van der Waals surface area (Å²) in [6, 6.07) is 1.84. The van der Waals surface area contributed by atoms with Crippen LogP contribution in [0.1, 0.15) is 29.5 Å². The molecule has 0 fully saturated rings.